The van der Waals surface area contributed by atoms with Crippen LogP contribution in [0.1, 0.15) is 18.9 Å². The van der Waals surface area contributed by atoms with Gasteiger partial charge in [0.2, 0.25) is 0 Å². The molecule has 1 fully saturated rings. The van der Waals surface area contributed by atoms with E-state index in [2.05, 4.69) is 16.4 Å². The Morgan fingerprint density at radius 3 is 2.38 bits per heavy atom. The number of aliphatic imine (C=N–C) groups is 1. The summed E-state index contributed by atoms with van der Waals surface area (Å²) in [4.78, 5) is 20.6. The van der Waals surface area contributed by atoms with Crippen molar-refractivity contribution < 1.29 is 19.0 Å². The minimum atomic E-state index is -0.874. The predicted molar refractivity (Wildman–Crippen MR) is 126 cm³/mol. The van der Waals surface area contributed by atoms with E-state index >= 15 is 0 Å². The zero-order chi connectivity index (χ0) is 22.9. The number of para-hydroxylation sites is 1. The van der Waals surface area contributed by atoms with Crippen molar-refractivity contribution in [3.63, 3.8) is 0 Å². The predicted octanol–water partition coefficient (Wildman–Crippen LogP) is 3.84. The Morgan fingerprint density at radius 2 is 1.78 bits per heavy atom. The lowest BCUT2D eigenvalue weighted by Crippen LogP contribution is -2.48. The third kappa shape index (κ3) is 3.52. The largest absolute Gasteiger partial charge is 0.497 e. The number of allylic oxidation sites excluding steroid dienone is 1. The van der Waals surface area contributed by atoms with Crippen LogP contribution in [0.4, 0.5) is 11.4 Å². The van der Waals surface area contributed by atoms with Crippen LogP contribution in [0.2, 0.25) is 0 Å². The van der Waals surface area contributed by atoms with E-state index in [1.54, 1.807) is 28.4 Å². The number of carbonyl (C=O) groups excluding carboxylic acids is 1. The Bertz CT molecular complexity index is 1060. The monoisotopic (exact) mass is 435 g/mol. The van der Waals surface area contributed by atoms with Crippen molar-refractivity contribution in [1.29, 1.82) is 0 Å². The number of methoxy groups -OCH3 is 3. The molecule has 0 unspecified atom stereocenters. The summed E-state index contributed by atoms with van der Waals surface area (Å²) in [5.74, 6) is 1.93. The van der Waals surface area contributed by atoms with E-state index in [-0.39, 0.29) is 5.78 Å². The first-order valence-corrected chi connectivity index (χ1v) is 10.6. The number of anilines is 2. The number of fused-ring (bicyclic) bond motifs is 1. The molecule has 0 saturated carbocycles. The van der Waals surface area contributed by atoms with Gasteiger partial charge in [0.05, 0.1) is 25.5 Å². The molecule has 7 heteroatoms. The summed E-state index contributed by atoms with van der Waals surface area (Å²) in [6.45, 7) is 2.38. The van der Waals surface area contributed by atoms with Crippen LogP contribution in [-0.4, -0.2) is 52.1 Å². The highest BCUT2D eigenvalue weighted by Gasteiger charge is 2.53. The standard InChI is InChI=1S/C25H29N3O4/c1-25(10-11-30-3)23(29)22(21-12-16-8-6-7-9-20(16)27-21)24(26-2)28(25)17-13-18(31-4)15-19(14-17)32-5/h6-9,13-15,27H,10-12H2,1-5H3/t25-/m1/s1. The van der Waals surface area contributed by atoms with Gasteiger partial charge in [0, 0.05) is 63.2 Å². The minimum absolute atomic E-state index is 0.0206. The molecule has 7 nitrogen and oxygen atoms in total. The van der Waals surface area contributed by atoms with Crippen LogP contribution in [-0.2, 0) is 16.0 Å². The Hall–Kier alpha value is -3.32. The summed E-state index contributed by atoms with van der Waals surface area (Å²) in [5, 5.41) is 3.45. The maximum absolute atomic E-state index is 14.0. The summed E-state index contributed by atoms with van der Waals surface area (Å²) >= 11 is 0. The van der Waals surface area contributed by atoms with E-state index in [0.717, 1.165) is 17.1 Å². The van der Waals surface area contributed by atoms with Gasteiger partial charge in [-0.1, -0.05) is 18.2 Å². The fourth-order valence-corrected chi connectivity index (χ4v) is 4.50. The third-order valence-corrected chi connectivity index (χ3v) is 6.22. The second-order valence-corrected chi connectivity index (χ2v) is 8.11. The summed E-state index contributed by atoms with van der Waals surface area (Å²) in [6, 6.07) is 13.7. The molecule has 2 aliphatic rings. The maximum Gasteiger partial charge on any atom is 0.194 e. The Balaban J connectivity index is 1.89. The lowest BCUT2D eigenvalue weighted by atomic mass is 9.90. The van der Waals surface area contributed by atoms with Gasteiger partial charge in [-0.05, 0) is 18.6 Å². The first-order valence-electron chi connectivity index (χ1n) is 10.6. The van der Waals surface area contributed by atoms with E-state index in [4.69, 9.17) is 14.2 Å². The van der Waals surface area contributed by atoms with Gasteiger partial charge in [-0.3, -0.25) is 9.79 Å². The van der Waals surface area contributed by atoms with E-state index in [1.807, 2.05) is 48.2 Å². The Morgan fingerprint density at radius 1 is 1.09 bits per heavy atom. The zero-order valence-electron chi connectivity index (χ0n) is 19.2. The lowest BCUT2D eigenvalue weighted by Gasteiger charge is -2.35. The van der Waals surface area contributed by atoms with E-state index in [1.165, 1.54) is 5.56 Å². The summed E-state index contributed by atoms with van der Waals surface area (Å²) in [6.07, 6.45) is 1.16. The highest BCUT2D eigenvalue weighted by Crippen LogP contribution is 2.43. The molecule has 0 aliphatic carbocycles. The molecule has 2 aromatic carbocycles. The van der Waals surface area contributed by atoms with Crippen molar-refractivity contribution in [2.75, 3.05) is 45.2 Å². The van der Waals surface area contributed by atoms with Gasteiger partial charge in [-0.15, -0.1) is 0 Å². The van der Waals surface area contributed by atoms with Crippen LogP contribution in [0.15, 0.2) is 58.7 Å². The molecule has 4 rings (SSSR count). The lowest BCUT2D eigenvalue weighted by molar-refractivity contribution is -0.119. The van der Waals surface area contributed by atoms with Crippen LogP contribution >= 0.6 is 0 Å². The highest BCUT2D eigenvalue weighted by atomic mass is 16.5. The summed E-state index contributed by atoms with van der Waals surface area (Å²) in [5.41, 5.74) is 3.58. The topological polar surface area (TPSA) is 72.4 Å². The van der Waals surface area contributed by atoms with Crippen molar-refractivity contribution in [3.8, 4) is 11.5 Å². The molecule has 2 aromatic rings. The number of rotatable bonds is 6. The van der Waals surface area contributed by atoms with E-state index in [9.17, 15) is 4.79 Å². The van der Waals surface area contributed by atoms with E-state index < -0.39 is 5.54 Å². The zero-order valence-corrected chi connectivity index (χ0v) is 19.2. The van der Waals surface area contributed by atoms with Crippen LogP contribution < -0.4 is 19.7 Å². The summed E-state index contributed by atoms with van der Waals surface area (Å²) in [7, 11) is 6.59. The number of hydrogen-bond donors (Lipinski definition) is 1. The second kappa shape index (κ2) is 8.67. The fraction of sp³-hybridized carbons (Fsp3) is 0.360. The molecule has 1 atom stereocenters. The molecular formula is C25H29N3O4. The van der Waals surface area contributed by atoms with Crippen LogP contribution in [0.3, 0.4) is 0 Å². The van der Waals surface area contributed by atoms with Crippen LogP contribution in [0, 0.1) is 0 Å². The maximum atomic E-state index is 14.0. The first-order chi connectivity index (χ1) is 15.5. The van der Waals surface area contributed by atoms with Crippen molar-refractivity contribution in [1.82, 2.24) is 0 Å². The van der Waals surface area contributed by atoms with Gasteiger partial charge in [0.15, 0.2) is 5.78 Å². The number of Topliss-reactive ketones (excluding diaryl/α,β-unsaturated/α-hetero) is 1. The van der Waals surface area contributed by atoms with Crippen molar-refractivity contribution in [2.24, 2.45) is 4.99 Å². The molecule has 0 radical (unpaired) electrons. The average Bonchev–Trinajstić information content (AvgIpc) is 3.33. The normalized spacial score (nSPS) is 23.5. The molecule has 32 heavy (non-hydrogen) atoms. The SMILES string of the molecule is CN=C1C(=C2Cc3ccccc3N2)C(=O)[C@@](C)(CCOC)N1c1cc(OC)cc(OC)c1. The number of carbonyl (C=O) groups is 1. The quantitative estimate of drug-likeness (QED) is 0.695. The third-order valence-electron chi connectivity index (χ3n) is 6.22. The van der Waals surface area contributed by atoms with Crippen LogP contribution in [0.25, 0.3) is 0 Å². The Labute approximate surface area is 188 Å². The van der Waals surface area contributed by atoms with Crippen molar-refractivity contribution >= 4 is 23.0 Å². The summed E-state index contributed by atoms with van der Waals surface area (Å²) < 4.78 is 16.4. The smallest absolute Gasteiger partial charge is 0.194 e. The molecule has 0 amide bonds. The average molecular weight is 436 g/mol. The van der Waals surface area contributed by atoms with Gasteiger partial charge in [0.1, 0.15) is 22.9 Å². The number of nitrogens with zero attached hydrogens (tertiary/aromatic N) is 2. The van der Waals surface area contributed by atoms with E-state index in [0.29, 0.717) is 42.4 Å². The Kier molecular flexibility index (Phi) is 5.93. The molecule has 168 valence electrons. The van der Waals surface area contributed by atoms with Gasteiger partial charge in [-0.25, -0.2) is 0 Å². The van der Waals surface area contributed by atoms with Gasteiger partial charge >= 0.3 is 0 Å². The van der Waals surface area contributed by atoms with Gasteiger partial charge < -0.3 is 24.4 Å². The molecular weight excluding hydrogens is 406 g/mol. The second-order valence-electron chi connectivity index (χ2n) is 8.11. The molecule has 0 spiro atoms. The molecule has 1 saturated heterocycles. The van der Waals surface area contributed by atoms with Gasteiger partial charge in [0.25, 0.3) is 0 Å². The number of amidine groups is 1. The van der Waals surface area contributed by atoms with Gasteiger partial charge in [-0.2, -0.15) is 0 Å². The molecule has 0 bridgehead atoms. The minimum Gasteiger partial charge on any atom is -0.497 e. The number of ether oxygens (including phenoxy) is 3. The molecule has 0 aromatic heterocycles. The molecule has 2 aliphatic heterocycles. The molecule has 2 heterocycles. The first kappa shape index (κ1) is 21.9. The van der Waals surface area contributed by atoms with Crippen molar-refractivity contribution in [3.05, 3.63) is 59.3 Å². The molecule has 1 N–H and O–H groups in total. The number of nitrogens with one attached hydrogen (secondary N) is 1. The number of hydrogen-bond acceptors (Lipinski definition) is 6. The van der Waals surface area contributed by atoms with Crippen molar-refractivity contribution in [2.45, 2.75) is 25.3 Å². The van der Waals surface area contributed by atoms with Crippen LogP contribution in [0.5, 0.6) is 11.5 Å². The number of ketones is 1. The highest BCUT2D eigenvalue weighted by molar-refractivity contribution is 6.37. The number of benzene rings is 2. The fourth-order valence-electron chi connectivity index (χ4n) is 4.50.